The molecule has 1 heterocycles. The average Bonchev–Trinajstić information content (AvgIpc) is 2.36. The molecule has 1 aliphatic carbocycles. The molecule has 1 saturated carbocycles. The number of nitrogens with one attached hydrogen (secondary N) is 1. The number of hydrogen-bond acceptors (Lipinski definition) is 2. The van der Waals surface area contributed by atoms with Gasteiger partial charge in [0.1, 0.15) is 0 Å². The van der Waals surface area contributed by atoms with Gasteiger partial charge in [0.25, 0.3) is 0 Å². The summed E-state index contributed by atoms with van der Waals surface area (Å²) in [4.78, 5) is 2.39. The van der Waals surface area contributed by atoms with Gasteiger partial charge in [0.15, 0.2) is 0 Å². The van der Waals surface area contributed by atoms with Crippen LogP contribution >= 0.6 is 0 Å². The molecule has 20 heavy (non-hydrogen) atoms. The Bertz CT molecular complexity index is 287. The van der Waals surface area contributed by atoms with E-state index in [9.17, 15) is 13.2 Å². The predicted molar refractivity (Wildman–Crippen MR) is 74.6 cm³/mol. The van der Waals surface area contributed by atoms with Gasteiger partial charge in [-0.15, -0.1) is 0 Å². The maximum atomic E-state index is 12.3. The predicted octanol–water partition coefficient (Wildman–Crippen LogP) is 3.43. The summed E-state index contributed by atoms with van der Waals surface area (Å²) in [5, 5.41) is 2.69. The summed E-state index contributed by atoms with van der Waals surface area (Å²) >= 11 is 0. The molecule has 5 heteroatoms. The minimum absolute atomic E-state index is 0.0102. The van der Waals surface area contributed by atoms with E-state index in [-0.39, 0.29) is 6.04 Å². The second-order valence-corrected chi connectivity index (χ2v) is 6.76. The largest absolute Gasteiger partial charge is 0.401 e. The molecule has 0 spiro atoms. The van der Waals surface area contributed by atoms with Gasteiger partial charge in [-0.1, -0.05) is 26.2 Å². The van der Waals surface area contributed by atoms with Gasteiger partial charge in [0, 0.05) is 25.7 Å². The number of nitrogens with zero attached hydrogens (tertiary/aromatic N) is 1. The van der Waals surface area contributed by atoms with Gasteiger partial charge in [0.2, 0.25) is 0 Å². The first-order chi connectivity index (χ1) is 9.42. The van der Waals surface area contributed by atoms with Gasteiger partial charge >= 0.3 is 6.18 Å². The van der Waals surface area contributed by atoms with E-state index in [0.29, 0.717) is 5.92 Å². The summed E-state index contributed by atoms with van der Waals surface area (Å²) in [5.74, 6) is 1.25. The molecule has 2 rings (SSSR count). The van der Waals surface area contributed by atoms with Crippen molar-refractivity contribution in [2.75, 3.05) is 26.2 Å². The van der Waals surface area contributed by atoms with Crippen LogP contribution in [0.3, 0.4) is 0 Å². The zero-order valence-corrected chi connectivity index (χ0v) is 12.4. The van der Waals surface area contributed by atoms with E-state index in [2.05, 4.69) is 17.1 Å². The Balaban J connectivity index is 1.78. The SMILES string of the molecule is CC1CC(NCC(F)(F)F)CN(CC2CCCCC2)C1. The highest BCUT2D eigenvalue weighted by molar-refractivity contribution is 4.84. The van der Waals surface area contributed by atoms with E-state index in [1.165, 1.54) is 32.1 Å². The van der Waals surface area contributed by atoms with Crippen LogP contribution in [0.5, 0.6) is 0 Å². The number of halogens is 3. The van der Waals surface area contributed by atoms with E-state index >= 15 is 0 Å². The van der Waals surface area contributed by atoms with E-state index in [4.69, 9.17) is 0 Å². The molecule has 2 unspecified atom stereocenters. The Morgan fingerprint density at radius 2 is 1.80 bits per heavy atom. The molecule has 0 aromatic rings. The number of rotatable bonds is 4. The van der Waals surface area contributed by atoms with Gasteiger partial charge in [-0.05, 0) is 31.1 Å². The quantitative estimate of drug-likeness (QED) is 0.854. The second-order valence-electron chi connectivity index (χ2n) is 6.76. The molecule has 2 nitrogen and oxygen atoms in total. The van der Waals surface area contributed by atoms with Crippen molar-refractivity contribution in [1.82, 2.24) is 10.2 Å². The molecule has 1 aliphatic heterocycles. The number of hydrogen-bond donors (Lipinski definition) is 1. The highest BCUT2D eigenvalue weighted by Crippen LogP contribution is 2.26. The second kappa shape index (κ2) is 7.12. The van der Waals surface area contributed by atoms with Crippen LogP contribution in [0, 0.1) is 11.8 Å². The van der Waals surface area contributed by atoms with Gasteiger partial charge in [-0.3, -0.25) is 0 Å². The molecule has 0 radical (unpaired) electrons. The van der Waals surface area contributed by atoms with E-state index in [0.717, 1.165) is 32.0 Å². The van der Waals surface area contributed by atoms with E-state index in [1.807, 2.05) is 0 Å². The van der Waals surface area contributed by atoms with Crippen molar-refractivity contribution >= 4 is 0 Å². The Morgan fingerprint density at radius 3 is 2.45 bits per heavy atom. The Labute approximate surface area is 120 Å². The topological polar surface area (TPSA) is 15.3 Å². The Hall–Kier alpha value is -0.290. The molecule has 0 bridgehead atoms. The summed E-state index contributed by atoms with van der Waals surface area (Å²) in [6.07, 6.45) is 3.35. The monoisotopic (exact) mass is 292 g/mol. The lowest BCUT2D eigenvalue weighted by atomic mass is 9.87. The van der Waals surface area contributed by atoms with Crippen molar-refractivity contribution in [3.8, 4) is 0 Å². The summed E-state index contributed by atoms with van der Waals surface area (Å²) in [6.45, 7) is 4.18. The highest BCUT2D eigenvalue weighted by atomic mass is 19.4. The van der Waals surface area contributed by atoms with Crippen LogP contribution in [-0.4, -0.2) is 43.3 Å². The molecule has 2 aliphatic rings. The average molecular weight is 292 g/mol. The van der Waals surface area contributed by atoms with Crippen molar-refractivity contribution < 1.29 is 13.2 Å². The normalized spacial score (nSPS) is 30.6. The lowest BCUT2D eigenvalue weighted by Crippen LogP contribution is -2.51. The summed E-state index contributed by atoms with van der Waals surface area (Å²) in [6, 6.07) is -0.0102. The number of piperidine rings is 1. The molecule has 1 N–H and O–H groups in total. The zero-order valence-electron chi connectivity index (χ0n) is 12.4. The third kappa shape index (κ3) is 5.60. The van der Waals surface area contributed by atoms with Crippen LogP contribution in [0.1, 0.15) is 45.4 Å². The van der Waals surface area contributed by atoms with Gasteiger partial charge in [0.05, 0.1) is 6.54 Å². The van der Waals surface area contributed by atoms with Crippen LogP contribution in [0.2, 0.25) is 0 Å². The van der Waals surface area contributed by atoms with Gasteiger partial charge in [-0.2, -0.15) is 13.2 Å². The minimum Gasteiger partial charge on any atom is -0.305 e. The van der Waals surface area contributed by atoms with Crippen molar-refractivity contribution in [1.29, 1.82) is 0 Å². The minimum atomic E-state index is -4.10. The maximum absolute atomic E-state index is 12.3. The summed E-state index contributed by atoms with van der Waals surface area (Å²) < 4.78 is 36.9. The molecular weight excluding hydrogens is 265 g/mol. The van der Waals surface area contributed by atoms with Crippen molar-refractivity contribution in [3.05, 3.63) is 0 Å². The Kier molecular flexibility index (Phi) is 5.73. The van der Waals surface area contributed by atoms with Crippen LogP contribution in [0.25, 0.3) is 0 Å². The third-order valence-electron chi connectivity index (χ3n) is 4.57. The van der Waals surface area contributed by atoms with Gasteiger partial charge in [-0.25, -0.2) is 0 Å². The molecule has 0 aromatic carbocycles. The highest BCUT2D eigenvalue weighted by Gasteiger charge is 2.31. The van der Waals surface area contributed by atoms with Gasteiger partial charge < -0.3 is 10.2 Å². The maximum Gasteiger partial charge on any atom is 0.401 e. The molecule has 2 atom stereocenters. The van der Waals surface area contributed by atoms with Crippen molar-refractivity contribution in [2.45, 2.75) is 57.7 Å². The van der Waals surface area contributed by atoms with Crippen LogP contribution in [0.15, 0.2) is 0 Å². The van der Waals surface area contributed by atoms with E-state index in [1.54, 1.807) is 0 Å². The van der Waals surface area contributed by atoms with Crippen molar-refractivity contribution in [3.63, 3.8) is 0 Å². The first-order valence-electron chi connectivity index (χ1n) is 7.95. The molecule has 0 aromatic heterocycles. The fourth-order valence-corrected chi connectivity index (χ4v) is 3.75. The number of likely N-dealkylation sites (tertiary alicyclic amines) is 1. The molecule has 0 amide bonds. The first kappa shape index (κ1) is 16.1. The molecule has 118 valence electrons. The summed E-state index contributed by atoms with van der Waals surface area (Å²) in [5.41, 5.74) is 0. The molecular formula is C15H27F3N2. The van der Waals surface area contributed by atoms with Crippen LogP contribution < -0.4 is 5.32 Å². The first-order valence-corrected chi connectivity index (χ1v) is 7.95. The van der Waals surface area contributed by atoms with Crippen LogP contribution in [0.4, 0.5) is 13.2 Å². The smallest absolute Gasteiger partial charge is 0.305 e. The lowest BCUT2D eigenvalue weighted by Gasteiger charge is -2.39. The fourth-order valence-electron chi connectivity index (χ4n) is 3.75. The standard InChI is InChI=1S/C15H27F3N2/c1-12-7-14(19-11-15(16,17)18)10-20(8-12)9-13-5-3-2-4-6-13/h12-14,19H,2-11H2,1H3. The Morgan fingerprint density at radius 1 is 1.10 bits per heavy atom. The zero-order chi connectivity index (χ0) is 14.6. The van der Waals surface area contributed by atoms with Crippen LogP contribution in [-0.2, 0) is 0 Å². The third-order valence-corrected chi connectivity index (χ3v) is 4.57. The molecule has 2 fully saturated rings. The fraction of sp³-hybridized carbons (Fsp3) is 1.00. The van der Waals surface area contributed by atoms with Crippen molar-refractivity contribution in [2.24, 2.45) is 11.8 Å². The number of alkyl halides is 3. The van der Waals surface area contributed by atoms with E-state index < -0.39 is 12.7 Å². The summed E-state index contributed by atoms with van der Waals surface area (Å²) in [7, 11) is 0. The lowest BCUT2D eigenvalue weighted by molar-refractivity contribution is -0.127. The molecule has 1 saturated heterocycles.